The molecule has 2 heterocycles. The number of Topliss-reactive ketones (excluding diaryl/α,β-unsaturated/α-hetero) is 1. The van der Waals surface area contributed by atoms with Gasteiger partial charge < -0.3 is 0 Å². The van der Waals surface area contributed by atoms with Gasteiger partial charge in [-0.05, 0) is 26.9 Å². The minimum Gasteiger partial charge on any atom is -0.297 e. The Kier molecular flexibility index (Phi) is 5.31. The summed E-state index contributed by atoms with van der Waals surface area (Å²) in [5.74, 6) is 0.603. The van der Waals surface area contributed by atoms with E-state index in [4.69, 9.17) is 0 Å². The predicted octanol–water partition coefficient (Wildman–Crippen LogP) is -1.21. The summed E-state index contributed by atoms with van der Waals surface area (Å²) in [6.07, 6.45) is 1.14. The van der Waals surface area contributed by atoms with Crippen molar-refractivity contribution in [3.05, 3.63) is 0 Å². The molecule has 7 nitrogen and oxygen atoms in total. The van der Waals surface area contributed by atoms with Crippen LogP contribution in [0, 0.1) is 0 Å². The third-order valence-corrected chi connectivity index (χ3v) is 8.02. The minimum absolute atomic E-state index is 0.0152. The molecule has 2 saturated heterocycles. The summed E-state index contributed by atoms with van der Waals surface area (Å²) in [6, 6.07) is -0.183. The van der Waals surface area contributed by atoms with Gasteiger partial charge >= 0.3 is 0 Å². The molecular formula is C13H24N2O5S2. The van der Waals surface area contributed by atoms with Crippen molar-refractivity contribution in [3.8, 4) is 0 Å². The van der Waals surface area contributed by atoms with Crippen molar-refractivity contribution in [1.29, 1.82) is 0 Å². The zero-order valence-electron chi connectivity index (χ0n) is 13.1. The molecule has 0 N–H and O–H groups in total. The normalized spacial score (nSPS) is 30.2. The molecule has 0 spiro atoms. The molecule has 0 bridgehead atoms. The topological polar surface area (TPSA) is 91.8 Å². The smallest absolute Gasteiger partial charge is 0.160 e. The molecule has 0 saturated carbocycles. The Morgan fingerprint density at radius 2 is 1.23 bits per heavy atom. The molecule has 9 heteroatoms. The number of likely N-dealkylation sites (N-methyl/N-ethyl adjacent to an activating group) is 2. The van der Waals surface area contributed by atoms with E-state index in [-0.39, 0.29) is 54.0 Å². The second-order valence-corrected chi connectivity index (χ2v) is 10.9. The molecule has 0 aliphatic carbocycles. The molecule has 2 fully saturated rings. The highest BCUT2D eigenvalue weighted by atomic mass is 32.2. The van der Waals surface area contributed by atoms with Gasteiger partial charge in [0.2, 0.25) is 0 Å². The lowest BCUT2D eigenvalue weighted by Gasteiger charge is -2.26. The Bertz CT molecular complexity index is 575. The SMILES string of the molecule is CN(CC(=O)CN(C)[C@H]1CCS(=O)(=O)C1)[C@H]1CCS(=O)(=O)C1. The number of carbonyl (C=O) groups excluding carboxylic acids is 1. The fraction of sp³-hybridized carbons (Fsp3) is 0.923. The van der Waals surface area contributed by atoms with E-state index in [1.165, 1.54) is 0 Å². The highest BCUT2D eigenvalue weighted by molar-refractivity contribution is 7.91. The van der Waals surface area contributed by atoms with Gasteiger partial charge in [-0.2, -0.15) is 0 Å². The van der Waals surface area contributed by atoms with Gasteiger partial charge in [-0.15, -0.1) is 0 Å². The number of sulfone groups is 2. The molecule has 0 aromatic heterocycles. The molecule has 128 valence electrons. The number of hydrogen-bond acceptors (Lipinski definition) is 7. The molecule has 0 aromatic rings. The minimum atomic E-state index is -2.96. The van der Waals surface area contributed by atoms with Crippen molar-refractivity contribution in [2.75, 3.05) is 50.2 Å². The standard InChI is InChI=1S/C13H24N2O5S2/c1-14(11-3-5-21(17,18)9-11)7-13(16)8-15(2)12-4-6-22(19,20)10-12/h11-12H,3-10H2,1-2H3/t11-,12-/m0/s1. The fourth-order valence-corrected chi connectivity index (χ4v) is 6.72. The lowest BCUT2D eigenvalue weighted by atomic mass is 10.2. The summed E-state index contributed by atoms with van der Waals surface area (Å²) in [4.78, 5) is 15.7. The van der Waals surface area contributed by atoms with Crippen LogP contribution >= 0.6 is 0 Å². The van der Waals surface area contributed by atoms with Crippen LogP contribution in [0.15, 0.2) is 0 Å². The van der Waals surface area contributed by atoms with Crippen LogP contribution < -0.4 is 0 Å². The zero-order chi connectivity index (χ0) is 16.5. The van der Waals surface area contributed by atoms with Crippen LogP contribution in [0.1, 0.15) is 12.8 Å². The Labute approximate surface area is 132 Å². The summed E-state index contributed by atoms with van der Waals surface area (Å²) in [5, 5.41) is 0. The molecular weight excluding hydrogens is 328 g/mol. The van der Waals surface area contributed by atoms with Crippen LogP contribution in [-0.2, 0) is 24.5 Å². The fourth-order valence-electron chi connectivity index (χ4n) is 3.11. The van der Waals surface area contributed by atoms with Crippen LogP contribution in [0.4, 0.5) is 0 Å². The summed E-state index contributed by atoms with van der Waals surface area (Å²) in [6.45, 7) is 0.397. The van der Waals surface area contributed by atoms with Crippen molar-refractivity contribution in [2.45, 2.75) is 24.9 Å². The number of nitrogens with zero attached hydrogens (tertiary/aromatic N) is 2. The van der Waals surface area contributed by atoms with Gasteiger partial charge in [0, 0.05) is 12.1 Å². The maximum absolute atomic E-state index is 12.1. The number of ketones is 1. The second-order valence-electron chi connectivity index (χ2n) is 6.48. The molecule has 0 aromatic carbocycles. The van der Waals surface area contributed by atoms with Crippen molar-refractivity contribution in [3.63, 3.8) is 0 Å². The first kappa shape index (κ1) is 17.8. The summed E-state index contributed by atoms with van der Waals surface area (Å²) < 4.78 is 45.9. The number of rotatable bonds is 6. The first-order chi connectivity index (χ1) is 10.1. The first-order valence-electron chi connectivity index (χ1n) is 7.41. The van der Waals surface area contributed by atoms with E-state index in [0.717, 1.165) is 0 Å². The van der Waals surface area contributed by atoms with Crippen LogP contribution in [0.2, 0.25) is 0 Å². The van der Waals surface area contributed by atoms with Crippen LogP contribution in [0.25, 0.3) is 0 Å². The molecule has 2 rings (SSSR count). The molecule has 0 radical (unpaired) electrons. The van der Waals surface area contributed by atoms with Gasteiger partial charge in [0.05, 0.1) is 36.1 Å². The number of hydrogen-bond donors (Lipinski definition) is 0. The monoisotopic (exact) mass is 352 g/mol. The zero-order valence-corrected chi connectivity index (χ0v) is 14.7. The summed E-state index contributed by atoms with van der Waals surface area (Å²) >= 11 is 0. The van der Waals surface area contributed by atoms with E-state index < -0.39 is 19.7 Å². The highest BCUT2D eigenvalue weighted by Crippen LogP contribution is 2.18. The van der Waals surface area contributed by atoms with Gasteiger partial charge in [0.1, 0.15) is 0 Å². The van der Waals surface area contributed by atoms with Gasteiger partial charge in [0.25, 0.3) is 0 Å². The van der Waals surface area contributed by atoms with Gasteiger partial charge in [-0.1, -0.05) is 0 Å². The van der Waals surface area contributed by atoms with E-state index >= 15 is 0 Å². The van der Waals surface area contributed by atoms with E-state index in [1.807, 2.05) is 0 Å². The van der Waals surface area contributed by atoms with E-state index in [1.54, 1.807) is 23.9 Å². The van der Waals surface area contributed by atoms with Crippen molar-refractivity contribution in [1.82, 2.24) is 9.80 Å². The van der Waals surface area contributed by atoms with Crippen molar-refractivity contribution < 1.29 is 21.6 Å². The first-order valence-corrected chi connectivity index (χ1v) is 11.1. The maximum atomic E-state index is 12.1. The van der Waals surface area contributed by atoms with Gasteiger partial charge in [0.15, 0.2) is 25.5 Å². The average Bonchev–Trinajstić information content (AvgIpc) is 2.91. The lowest BCUT2D eigenvalue weighted by Crippen LogP contribution is -2.42. The summed E-state index contributed by atoms with van der Waals surface area (Å²) in [7, 11) is -2.38. The second kappa shape index (κ2) is 6.54. The van der Waals surface area contributed by atoms with E-state index in [9.17, 15) is 21.6 Å². The Morgan fingerprint density at radius 1 is 0.864 bits per heavy atom. The number of carbonyl (C=O) groups is 1. The van der Waals surface area contributed by atoms with Crippen LogP contribution in [0.5, 0.6) is 0 Å². The van der Waals surface area contributed by atoms with E-state index in [0.29, 0.717) is 12.8 Å². The molecule has 2 aliphatic heterocycles. The van der Waals surface area contributed by atoms with Crippen molar-refractivity contribution in [2.24, 2.45) is 0 Å². The lowest BCUT2D eigenvalue weighted by molar-refractivity contribution is -0.121. The van der Waals surface area contributed by atoms with Crippen LogP contribution in [0.3, 0.4) is 0 Å². The predicted molar refractivity (Wildman–Crippen MR) is 84.4 cm³/mol. The van der Waals surface area contributed by atoms with E-state index in [2.05, 4.69) is 0 Å². The van der Waals surface area contributed by atoms with Crippen LogP contribution in [-0.4, -0.2) is 94.7 Å². The highest BCUT2D eigenvalue weighted by Gasteiger charge is 2.33. The summed E-state index contributed by atoms with van der Waals surface area (Å²) in [5.41, 5.74) is 0. The molecule has 0 amide bonds. The molecule has 0 unspecified atom stereocenters. The molecule has 2 aliphatic rings. The largest absolute Gasteiger partial charge is 0.297 e. The Hall–Kier alpha value is -0.510. The Balaban J connectivity index is 1.80. The van der Waals surface area contributed by atoms with Gasteiger partial charge in [-0.3, -0.25) is 14.6 Å². The average molecular weight is 352 g/mol. The maximum Gasteiger partial charge on any atom is 0.160 e. The third kappa shape index (κ3) is 4.74. The molecule has 2 atom stereocenters. The quantitative estimate of drug-likeness (QED) is 0.592. The van der Waals surface area contributed by atoms with Crippen molar-refractivity contribution >= 4 is 25.5 Å². The molecule has 22 heavy (non-hydrogen) atoms. The van der Waals surface area contributed by atoms with Gasteiger partial charge in [-0.25, -0.2) is 16.8 Å². The Morgan fingerprint density at radius 3 is 1.50 bits per heavy atom. The third-order valence-electron chi connectivity index (χ3n) is 4.52.